The molecule has 1 aromatic carbocycles. The number of rotatable bonds is 4. The van der Waals surface area contributed by atoms with Crippen molar-refractivity contribution in [2.75, 3.05) is 5.43 Å². The zero-order valence-electron chi connectivity index (χ0n) is 9.56. The quantitative estimate of drug-likeness (QED) is 0.432. The summed E-state index contributed by atoms with van der Waals surface area (Å²) >= 11 is 5.00. The predicted molar refractivity (Wildman–Crippen MR) is 70.7 cm³/mol. The molecule has 3 N–H and O–H groups in total. The maximum Gasteiger partial charge on any atom is 0.269 e. The van der Waals surface area contributed by atoms with E-state index in [9.17, 15) is 10.1 Å². The first kappa shape index (κ1) is 13.2. The highest BCUT2D eigenvalue weighted by Gasteiger charge is 2.03. The van der Waals surface area contributed by atoms with E-state index in [-0.39, 0.29) is 11.7 Å². The zero-order valence-corrected chi connectivity index (χ0v) is 10.4. The van der Waals surface area contributed by atoms with Gasteiger partial charge in [-0.1, -0.05) is 0 Å². The molecule has 1 rings (SSSR count). The van der Waals surface area contributed by atoms with Crippen molar-refractivity contribution in [2.24, 2.45) is 0 Å². The third-order valence-corrected chi connectivity index (χ3v) is 2.04. The fraction of sp³-hybridized carbons (Fsp3) is 0.300. The van der Waals surface area contributed by atoms with Crippen LogP contribution >= 0.6 is 12.2 Å². The number of benzene rings is 1. The molecule has 0 aliphatic heterocycles. The van der Waals surface area contributed by atoms with Crippen LogP contribution in [0.5, 0.6) is 0 Å². The molecule has 0 spiro atoms. The van der Waals surface area contributed by atoms with Gasteiger partial charge in [0, 0.05) is 18.2 Å². The summed E-state index contributed by atoms with van der Waals surface area (Å²) in [5, 5.41) is 13.9. The third kappa shape index (κ3) is 4.64. The Kier molecular flexibility index (Phi) is 4.65. The number of hydrogen-bond donors (Lipinski definition) is 3. The highest BCUT2D eigenvalue weighted by molar-refractivity contribution is 7.80. The molecule has 6 nitrogen and oxygen atoms in total. The van der Waals surface area contributed by atoms with Gasteiger partial charge in [-0.15, -0.1) is 0 Å². The molecule has 0 bridgehead atoms. The lowest BCUT2D eigenvalue weighted by Gasteiger charge is -2.14. The Morgan fingerprint density at radius 3 is 2.41 bits per heavy atom. The number of hydrazine groups is 1. The maximum atomic E-state index is 10.4. The summed E-state index contributed by atoms with van der Waals surface area (Å²) in [4.78, 5) is 10.00. The summed E-state index contributed by atoms with van der Waals surface area (Å²) in [5.41, 5.74) is 6.37. The van der Waals surface area contributed by atoms with Crippen LogP contribution in [0.1, 0.15) is 13.8 Å². The number of nitrogens with one attached hydrogen (secondary N) is 3. The predicted octanol–water partition coefficient (Wildman–Crippen LogP) is 1.79. The molecule has 0 atom stereocenters. The summed E-state index contributed by atoms with van der Waals surface area (Å²) in [6, 6.07) is 6.28. The van der Waals surface area contributed by atoms with Gasteiger partial charge < -0.3 is 5.32 Å². The average molecular weight is 254 g/mol. The van der Waals surface area contributed by atoms with Crippen LogP contribution in [-0.2, 0) is 0 Å². The second kappa shape index (κ2) is 6.00. The minimum absolute atomic E-state index is 0.0541. The summed E-state index contributed by atoms with van der Waals surface area (Å²) in [6.07, 6.45) is 0. The van der Waals surface area contributed by atoms with E-state index in [4.69, 9.17) is 12.2 Å². The van der Waals surface area contributed by atoms with Gasteiger partial charge in [-0.2, -0.15) is 0 Å². The molecule has 0 radical (unpaired) electrons. The second-order valence-corrected chi connectivity index (χ2v) is 4.09. The fourth-order valence-electron chi connectivity index (χ4n) is 1.09. The number of nitro benzene ring substituents is 1. The highest BCUT2D eigenvalue weighted by atomic mass is 32.1. The van der Waals surface area contributed by atoms with Crippen LogP contribution in [0.15, 0.2) is 24.3 Å². The van der Waals surface area contributed by atoms with E-state index in [1.807, 2.05) is 13.8 Å². The van der Waals surface area contributed by atoms with Crippen LogP contribution in [0.4, 0.5) is 11.4 Å². The number of thiocarbonyl (C=S) groups is 1. The standard InChI is InChI=1S/C10H14N4O2S/c1-7(2)11-10(17)13-12-8-3-5-9(6-4-8)14(15)16/h3-7,12H,1-2H3,(H2,11,13,17). The highest BCUT2D eigenvalue weighted by Crippen LogP contribution is 2.14. The number of hydrogen-bond acceptors (Lipinski definition) is 4. The van der Waals surface area contributed by atoms with Crippen molar-refractivity contribution in [2.45, 2.75) is 19.9 Å². The largest absolute Gasteiger partial charge is 0.359 e. The molecule has 0 unspecified atom stereocenters. The second-order valence-electron chi connectivity index (χ2n) is 3.68. The Labute approximate surface area is 105 Å². The van der Waals surface area contributed by atoms with E-state index < -0.39 is 4.92 Å². The first-order valence-electron chi connectivity index (χ1n) is 5.06. The van der Waals surface area contributed by atoms with Crippen LogP contribution in [0.3, 0.4) is 0 Å². The topological polar surface area (TPSA) is 79.2 Å². The van der Waals surface area contributed by atoms with Crippen molar-refractivity contribution >= 4 is 28.7 Å². The lowest BCUT2D eigenvalue weighted by Crippen LogP contribution is -2.41. The monoisotopic (exact) mass is 254 g/mol. The average Bonchev–Trinajstić information content (AvgIpc) is 2.26. The molecule has 0 aromatic heterocycles. The van der Waals surface area contributed by atoms with E-state index in [1.54, 1.807) is 12.1 Å². The number of nitrogens with zero attached hydrogens (tertiary/aromatic N) is 1. The lowest BCUT2D eigenvalue weighted by molar-refractivity contribution is -0.384. The molecule has 7 heteroatoms. The fourth-order valence-corrected chi connectivity index (χ4v) is 1.38. The minimum atomic E-state index is -0.442. The van der Waals surface area contributed by atoms with Crippen LogP contribution < -0.4 is 16.2 Å². The molecule has 0 aliphatic rings. The SMILES string of the molecule is CC(C)NC(=S)NNc1ccc([N+](=O)[O-])cc1. The molecular weight excluding hydrogens is 240 g/mol. The van der Waals surface area contributed by atoms with Crippen molar-refractivity contribution in [3.8, 4) is 0 Å². The van der Waals surface area contributed by atoms with Crippen molar-refractivity contribution in [1.29, 1.82) is 0 Å². The molecule has 1 aromatic rings. The number of anilines is 1. The first-order valence-corrected chi connectivity index (χ1v) is 5.47. The van der Waals surface area contributed by atoms with Crippen molar-refractivity contribution in [3.05, 3.63) is 34.4 Å². The van der Waals surface area contributed by atoms with Gasteiger partial charge in [0.2, 0.25) is 0 Å². The van der Waals surface area contributed by atoms with Crippen molar-refractivity contribution < 1.29 is 4.92 Å². The Hall–Kier alpha value is -1.89. The van der Waals surface area contributed by atoms with Crippen molar-refractivity contribution in [3.63, 3.8) is 0 Å². The van der Waals surface area contributed by atoms with E-state index in [1.165, 1.54) is 12.1 Å². The van der Waals surface area contributed by atoms with E-state index >= 15 is 0 Å². The van der Waals surface area contributed by atoms with Crippen LogP contribution in [0.25, 0.3) is 0 Å². The normalized spacial score (nSPS) is 9.82. The summed E-state index contributed by atoms with van der Waals surface area (Å²) in [7, 11) is 0. The van der Waals surface area contributed by atoms with Crippen LogP contribution in [0.2, 0.25) is 0 Å². The Morgan fingerprint density at radius 1 is 1.35 bits per heavy atom. The first-order chi connectivity index (χ1) is 7.99. The number of non-ortho nitro benzene ring substituents is 1. The van der Waals surface area contributed by atoms with Gasteiger partial charge in [0.25, 0.3) is 5.69 Å². The minimum Gasteiger partial charge on any atom is -0.359 e. The lowest BCUT2D eigenvalue weighted by atomic mass is 10.3. The van der Waals surface area contributed by atoms with E-state index in [0.29, 0.717) is 10.8 Å². The van der Waals surface area contributed by atoms with Crippen LogP contribution in [-0.4, -0.2) is 16.1 Å². The third-order valence-electron chi connectivity index (χ3n) is 1.82. The van der Waals surface area contributed by atoms with Gasteiger partial charge in [0.05, 0.1) is 10.6 Å². The van der Waals surface area contributed by atoms with Crippen molar-refractivity contribution in [1.82, 2.24) is 10.7 Å². The molecule has 0 saturated carbocycles. The summed E-state index contributed by atoms with van der Waals surface area (Å²) in [5.74, 6) is 0. The van der Waals surface area contributed by atoms with Gasteiger partial charge in [-0.3, -0.25) is 21.0 Å². The summed E-state index contributed by atoms with van der Waals surface area (Å²) in [6.45, 7) is 3.94. The van der Waals surface area contributed by atoms with Gasteiger partial charge in [-0.25, -0.2) is 0 Å². The molecule has 0 saturated heterocycles. The van der Waals surface area contributed by atoms with Gasteiger partial charge >= 0.3 is 0 Å². The zero-order chi connectivity index (χ0) is 12.8. The smallest absolute Gasteiger partial charge is 0.269 e. The Balaban J connectivity index is 2.47. The molecule has 0 heterocycles. The molecule has 0 fully saturated rings. The molecule has 0 aliphatic carbocycles. The van der Waals surface area contributed by atoms with Crippen LogP contribution in [0, 0.1) is 10.1 Å². The molecule has 0 amide bonds. The maximum absolute atomic E-state index is 10.4. The van der Waals surface area contributed by atoms with Gasteiger partial charge in [0.15, 0.2) is 5.11 Å². The molecular formula is C10H14N4O2S. The Morgan fingerprint density at radius 2 is 1.94 bits per heavy atom. The summed E-state index contributed by atoms with van der Waals surface area (Å²) < 4.78 is 0. The van der Waals surface area contributed by atoms with E-state index in [2.05, 4.69) is 16.2 Å². The molecule has 17 heavy (non-hydrogen) atoms. The van der Waals surface area contributed by atoms with E-state index in [0.717, 1.165) is 0 Å². The Bertz CT molecular complexity index is 405. The van der Waals surface area contributed by atoms with Gasteiger partial charge in [-0.05, 0) is 38.2 Å². The number of nitro groups is 1. The van der Waals surface area contributed by atoms with Gasteiger partial charge in [0.1, 0.15) is 0 Å². The molecule has 92 valence electrons.